The Morgan fingerprint density at radius 3 is 2.50 bits per heavy atom. The lowest BCUT2D eigenvalue weighted by Gasteiger charge is -2.28. The summed E-state index contributed by atoms with van der Waals surface area (Å²) >= 11 is 0. The highest BCUT2D eigenvalue weighted by Gasteiger charge is 2.18. The predicted molar refractivity (Wildman–Crippen MR) is 69.6 cm³/mol. The minimum absolute atomic E-state index is 0.747. The van der Waals surface area contributed by atoms with Crippen LogP contribution in [0.1, 0.15) is 51.9 Å². The maximum atomic E-state index is 3.68. The van der Waals surface area contributed by atoms with Crippen LogP contribution in [0.4, 0.5) is 0 Å². The quantitative estimate of drug-likeness (QED) is 0.767. The van der Waals surface area contributed by atoms with Crippen molar-refractivity contribution in [3.63, 3.8) is 0 Å². The molecule has 2 rings (SSSR count). The molecule has 2 fully saturated rings. The number of nitrogens with one attached hydrogen (secondary N) is 2. The fraction of sp³-hybridized carbons (Fsp3) is 1.00. The standard InChI is InChI=1S/C14H28N2/c1-12-5-7-13(8-6-12)10-15-11-14-4-2-3-9-16-14/h12-16H,2-11H2,1H3. The highest BCUT2D eigenvalue weighted by molar-refractivity contribution is 4.76. The molecule has 1 atom stereocenters. The van der Waals surface area contributed by atoms with Crippen molar-refractivity contribution in [3.8, 4) is 0 Å². The molecule has 2 heteroatoms. The second-order valence-corrected chi connectivity index (χ2v) is 5.93. The number of rotatable bonds is 4. The van der Waals surface area contributed by atoms with E-state index in [1.54, 1.807) is 0 Å². The molecule has 2 nitrogen and oxygen atoms in total. The maximum Gasteiger partial charge on any atom is 0.0192 e. The summed E-state index contributed by atoms with van der Waals surface area (Å²) in [5, 5.41) is 7.28. The van der Waals surface area contributed by atoms with E-state index in [0.29, 0.717) is 0 Å². The minimum Gasteiger partial charge on any atom is -0.315 e. The van der Waals surface area contributed by atoms with Crippen molar-refractivity contribution >= 4 is 0 Å². The van der Waals surface area contributed by atoms with Gasteiger partial charge in [0.2, 0.25) is 0 Å². The Morgan fingerprint density at radius 2 is 1.81 bits per heavy atom. The Morgan fingerprint density at radius 1 is 1.00 bits per heavy atom. The third-order valence-electron chi connectivity index (χ3n) is 4.37. The van der Waals surface area contributed by atoms with Gasteiger partial charge in [-0.15, -0.1) is 0 Å². The van der Waals surface area contributed by atoms with E-state index in [9.17, 15) is 0 Å². The van der Waals surface area contributed by atoms with E-state index in [4.69, 9.17) is 0 Å². The Hall–Kier alpha value is -0.0800. The van der Waals surface area contributed by atoms with E-state index in [-0.39, 0.29) is 0 Å². The molecule has 1 heterocycles. The van der Waals surface area contributed by atoms with Gasteiger partial charge in [-0.05, 0) is 50.6 Å². The zero-order valence-corrected chi connectivity index (χ0v) is 10.8. The molecular weight excluding hydrogens is 196 g/mol. The second kappa shape index (κ2) is 6.61. The van der Waals surface area contributed by atoms with Gasteiger partial charge in [0.15, 0.2) is 0 Å². The first-order valence-corrected chi connectivity index (χ1v) is 7.28. The number of hydrogen-bond donors (Lipinski definition) is 2. The fourth-order valence-corrected chi connectivity index (χ4v) is 3.09. The van der Waals surface area contributed by atoms with Crippen LogP contribution >= 0.6 is 0 Å². The van der Waals surface area contributed by atoms with E-state index in [1.807, 2.05) is 0 Å². The highest BCUT2D eigenvalue weighted by Crippen LogP contribution is 2.27. The maximum absolute atomic E-state index is 3.68. The molecule has 0 aromatic heterocycles. The summed E-state index contributed by atoms with van der Waals surface area (Å²) < 4.78 is 0. The fourth-order valence-electron chi connectivity index (χ4n) is 3.09. The second-order valence-electron chi connectivity index (χ2n) is 5.93. The van der Waals surface area contributed by atoms with Gasteiger partial charge in [-0.2, -0.15) is 0 Å². The Bertz CT molecular complexity index is 179. The monoisotopic (exact) mass is 224 g/mol. The van der Waals surface area contributed by atoms with Crippen molar-refractivity contribution in [3.05, 3.63) is 0 Å². The SMILES string of the molecule is CC1CCC(CNCC2CCCCN2)CC1. The molecule has 2 aliphatic rings. The van der Waals surface area contributed by atoms with Crippen molar-refractivity contribution in [2.75, 3.05) is 19.6 Å². The van der Waals surface area contributed by atoms with Gasteiger partial charge in [0.05, 0.1) is 0 Å². The Kier molecular flexibility index (Phi) is 5.11. The molecule has 1 saturated heterocycles. The lowest BCUT2D eigenvalue weighted by atomic mass is 9.83. The molecule has 0 amide bonds. The van der Waals surface area contributed by atoms with E-state index >= 15 is 0 Å². The van der Waals surface area contributed by atoms with E-state index in [0.717, 1.165) is 17.9 Å². The van der Waals surface area contributed by atoms with Gasteiger partial charge >= 0.3 is 0 Å². The van der Waals surface area contributed by atoms with E-state index in [2.05, 4.69) is 17.6 Å². The smallest absolute Gasteiger partial charge is 0.0192 e. The van der Waals surface area contributed by atoms with Crippen molar-refractivity contribution in [1.82, 2.24) is 10.6 Å². The molecule has 94 valence electrons. The van der Waals surface area contributed by atoms with Crippen LogP contribution < -0.4 is 10.6 Å². The summed E-state index contributed by atoms with van der Waals surface area (Å²) in [6.07, 6.45) is 9.96. The van der Waals surface area contributed by atoms with Crippen LogP contribution in [-0.2, 0) is 0 Å². The van der Waals surface area contributed by atoms with E-state index in [1.165, 1.54) is 64.6 Å². The van der Waals surface area contributed by atoms with Crippen molar-refractivity contribution in [2.45, 2.75) is 57.9 Å². The van der Waals surface area contributed by atoms with Gasteiger partial charge in [0, 0.05) is 12.6 Å². The van der Waals surface area contributed by atoms with Crippen LogP contribution in [0.3, 0.4) is 0 Å². The lowest BCUT2D eigenvalue weighted by molar-refractivity contribution is 0.275. The van der Waals surface area contributed by atoms with Crippen molar-refractivity contribution < 1.29 is 0 Å². The molecule has 1 unspecified atom stereocenters. The molecule has 0 aromatic rings. The topological polar surface area (TPSA) is 24.1 Å². The van der Waals surface area contributed by atoms with Crippen LogP contribution in [-0.4, -0.2) is 25.7 Å². The van der Waals surface area contributed by atoms with Crippen LogP contribution in [0, 0.1) is 11.8 Å². The third kappa shape index (κ3) is 4.06. The normalized spacial score (nSPS) is 36.2. The molecule has 0 radical (unpaired) electrons. The van der Waals surface area contributed by atoms with Gasteiger partial charge in [-0.3, -0.25) is 0 Å². The minimum atomic E-state index is 0.747. The average Bonchev–Trinajstić information content (AvgIpc) is 2.33. The van der Waals surface area contributed by atoms with Crippen LogP contribution in [0.5, 0.6) is 0 Å². The van der Waals surface area contributed by atoms with Crippen LogP contribution in [0.15, 0.2) is 0 Å². The molecule has 0 bridgehead atoms. The average molecular weight is 224 g/mol. The molecule has 1 saturated carbocycles. The summed E-state index contributed by atoms with van der Waals surface area (Å²) in [4.78, 5) is 0. The van der Waals surface area contributed by atoms with E-state index < -0.39 is 0 Å². The summed E-state index contributed by atoms with van der Waals surface area (Å²) in [6.45, 7) is 6.07. The van der Waals surface area contributed by atoms with Gasteiger partial charge in [-0.25, -0.2) is 0 Å². The summed E-state index contributed by atoms with van der Waals surface area (Å²) in [5.74, 6) is 1.94. The number of hydrogen-bond acceptors (Lipinski definition) is 2. The zero-order chi connectivity index (χ0) is 11.2. The molecular formula is C14H28N2. The third-order valence-corrected chi connectivity index (χ3v) is 4.37. The molecule has 1 aliphatic heterocycles. The van der Waals surface area contributed by atoms with Crippen LogP contribution in [0.25, 0.3) is 0 Å². The summed E-state index contributed by atoms with van der Waals surface area (Å²) in [6, 6.07) is 0.747. The van der Waals surface area contributed by atoms with Gasteiger partial charge in [0.25, 0.3) is 0 Å². The van der Waals surface area contributed by atoms with Crippen molar-refractivity contribution in [1.29, 1.82) is 0 Å². The van der Waals surface area contributed by atoms with Crippen LogP contribution in [0.2, 0.25) is 0 Å². The molecule has 16 heavy (non-hydrogen) atoms. The lowest BCUT2D eigenvalue weighted by Crippen LogP contribution is -2.43. The molecule has 1 aliphatic carbocycles. The first-order valence-electron chi connectivity index (χ1n) is 7.28. The van der Waals surface area contributed by atoms with Gasteiger partial charge in [0.1, 0.15) is 0 Å². The first kappa shape index (κ1) is 12.4. The van der Waals surface area contributed by atoms with Gasteiger partial charge in [-0.1, -0.05) is 26.2 Å². The number of piperidine rings is 1. The molecule has 2 N–H and O–H groups in total. The highest BCUT2D eigenvalue weighted by atomic mass is 15.0. The Labute approximate surface area is 101 Å². The Balaban J connectivity index is 1.53. The summed E-state index contributed by atoms with van der Waals surface area (Å²) in [7, 11) is 0. The first-order chi connectivity index (χ1) is 7.84. The van der Waals surface area contributed by atoms with Gasteiger partial charge < -0.3 is 10.6 Å². The molecule has 0 aromatic carbocycles. The summed E-state index contributed by atoms with van der Waals surface area (Å²) in [5.41, 5.74) is 0. The molecule has 0 spiro atoms. The van der Waals surface area contributed by atoms with Crippen molar-refractivity contribution in [2.24, 2.45) is 11.8 Å². The predicted octanol–water partition coefficient (Wildman–Crippen LogP) is 2.54. The zero-order valence-electron chi connectivity index (χ0n) is 10.8. The largest absolute Gasteiger partial charge is 0.315 e.